The van der Waals surface area contributed by atoms with Crippen LogP contribution in [0.1, 0.15) is 0 Å². The van der Waals surface area contributed by atoms with Gasteiger partial charge < -0.3 is 0 Å². The van der Waals surface area contributed by atoms with Crippen molar-refractivity contribution in [2.45, 2.75) is 0 Å². The molecule has 0 saturated heterocycles. The first-order valence-corrected chi connectivity index (χ1v) is 0.996. The zero-order valence-electron chi connectivity index (χ0n) is 2.49. The summed E-state index contributed by atoms with van der Waals surface area (Å²) in [6, 6.07) is 0. The minimum Gasteiger partial charge on any atom is -0.0958 e. The molecule has 0 aliphatic rings. The first-order chi connectivity index (χ1) is 1.73. The molecule has 0 spiro atoms. The molecule has 0 N–H and O–H groups in total. The van der Waals surface area contributed by atoms with Crippen LogP contribution in [-0.2, 0) is 0 Å². The van der Waals surface area contributed by atoms with Gasteiger partial charge in [-0.3, -0.25) is 0 Å². The predicted octanol–water partition coefficient (Wildman–Crippen LogP) is 1.01. The molecule has 0 bridgehead atoms. The Bertz CT molecular complexity index is 23.0. The summed E-state index contributed by atoms with van der Waals surface area (Å²) in [7, 11) is 0. The van der Waals surface area contributed by atoms with E-state index in [1.807, 2.05) is 0 Å². The SMILES string of the molecule is [CH-]=C([CH2])[CH2+]. The minimum atomic E-state index is 0.417. The monoisotopic (exact) mass is 53.0 g/mol. The van der Waals surface area contributed by atoms with Gasteiger partial charge >= 0.3 is 0 Å². The van der Waals surface area contributed by atoms with E-state index >= 15 is 0 Å². The lowest BCUT2D eigenvalue weighted by Gasteiger charge is -1.64. The molecule has 0 aromatic rings. The molecule has 0 fully saturated rings. The minimum absolute atomic E-state index is 0.417. The normalized spacial score (nSPS) is 6.25. The second-order valence-corrected chi connectivity index (χ2v) is 0.658. The molecule has 21 valence electrons. The van der Waals surface area contributed by atoms with Crippen molar-refractivity contribution in [2.24, 2.45) is 0 Å². The Morgan fingerprint density at radius 2 is 2.00 bits per heavy atom. The molecule has 0 aromatic carbocycles. The molecule has 0 amide bonds. The van der Waals surface area contributed by atoms with E-state index in [1.165, 1.54) is 0 Å². The van der Waals surface area contributed by atoms with Gasteiger partial charge in [-0.25, -0.2) is 0 Å². The van der Waals surface area contributed by atoms with Crippen molar-refractivity contribution in [3.8, 4) is 0 Å². The molecular weight excluding hydrogens is 48.0 g/mol. The molecule has 4 heavy (non-hydrogen) atoms. The summed E-state index contributed by atoms with van der Waals surface area (Å²) in [5.74, 6) is 0. The summed E-state index contributed by atoms with van der Waals surface area (Å²) in [6.45, 7) is 11.2. The average molecular weight is 53.1 g/mol. The molecule has 0 aromatic heterocycles. The van der Waals surface area contributed by atoms with Gasteiger partial charge in [-0.05, 0) is 6.92 Å². The van der Waals surface area contributed by atoms with Crippen LogP contribution in [0.15, 0.2) is 5.57 Å². The molecular formula is C4H5. The van der Waals surface area contributed by atoms with Gasteiger partial charge in [-0.2, -0.15) is 0 Å². The van der Waals surface area contributed by atoms with Crippen molar-refractivity contribution in [3.63, 3.8) is 0 Å². The Morgan fingerprint density at radius 1 is 2.00 bits per heavy atom. The quantitative estimate of drug-likeness (QED) is 0.361. The lowest BCUT2D eigenvalue weighted by atomic mass is 10.4. The van der Waals surface area contributed by atoms with Crippen molar-refractivity contribution in [3.05, 3.63) is 26.0 Å². The third-order valence-corrected chi connectivity index (χ3v) is 0. The highest BCUT2D eigenvalue weighted by Crippen LogP contribution is 1.70. The zero-order valence-corrected chi connectivity index (χ0v) is 2.49. The summed E-state index contributed by atoms with van der Waals surface area (Å²) in [4.78, 5) is 0. The van der Waals surface area contributed by atoms with E-state index in [1.54, 1.807) is 0 Å². The fraction of sp³-hybridized carbons (Fsp3) is 0. The smallest absolute Gasteiger partial charge is 0.0244 e. The highest BCUT2D eigenvalue weighted by molar-refractivity contribution is 4.97. The molecule has 0 aliphatic carbocycles. The predicted molar refractivity (Wildman–Crippen MR) is 18.5 cm³/mol. The van der Waals surface area contributed by atoms with Gasteiger partial charge in [-0.1, -0.05) is 19.1 Å². The molecule has 0 unspecified atom stereocenters. The van der Waals surface area contributed by atoms with Crippen LogP contribution in [0.2, 0.25) is 0 Å². The van der Waals surface area contributed by atoms with E-state index in [9.17, 15) is 0 Å². The largest absolute Gasteiger partial charge is 0.0958 e. The molecule has 0 atom stereocenters. The number of allylic oxidation sites excluding steroid dienone is 1. The Kier molecular flexibility index (Phi) is 0.896. The van der Waals surface area contributed by atoms with Gasteiger partial charge in [0.25, 0.3) is 0 Å². The third kappa shape index (κ3) is 3.94. The molecule has 0 nitrogen and oxygen atoms in total. The van der Waals surface area contributed by atoms with Gasteiger partial charge in [0.15, 0.2) is 0 Å². The number of hydrogen-bond acceptors (Lipinski definition) is 0. The van der Waals surface area contributed by atoms with E-state index in [0.29, 0.717) is 5.57 Å². The third-order valence-electron chi connectivity index (χ3n) is 0. The van der Waals surface area contributed by atoms with E-state index in [2.05, 4.69) is 13.8 Å². The molecule has 0 heterocycles. The number of rotatable bonds is 0. The van der Waals surface area contributed by atoms with Gasteiger partial charge in [-0.15, -0.1) is 0 Å². The van der Waals surface area contributed by atoms with E-state index in [0.717, 1.165) is 0 Å². The maximum absolute atomic E-state index is 4.81. The summed E-state index contributed by atoms with van der Waals surface area (Å²) in [5, 5.41) is 0. The standard InChI is InChI=1S/C4H5/c1-4(2)3/h1H,2-3H2. The Balaban J connectivity index is 2.80. The summed E-state index contributed by atoms with van der Waals surface area (Å²) >= 11 is 0. The van der Waals surface area contributed by atoms with Crippen LogP contribution >= 0.6 is 0 Å². The lowest BCUT2D eigenvalue weighted by molar-refractivity contribution is 1.79. The lowest BCUT2D eigenvalue weighted by Crippen LogP contribution is -1.46. The van der Waals surface area contributed by atoms with E-state index in [4.69, 9.17) is 6.58 Å². The van der Waals surface area contributed by atoms with Gasteiger partial charge in [0.05, 0.1) is 0 Å². The maximum atomic E-state index is 4.81. The van der Waals surface area contributed by atoms with Gasteiger partial charge in [0.2, 0.25) is 0 Å². The Hall–Kier alpha value is -0.390. The summed E-state index contributed by atoms with van der Waals surface area (Å²) < 4.78 is 0. The van der Waals surface area contributed by atoms with Crippen LogP contribution in [-0.4, -0.2) is 0 Å². The Morgan fingerprint density at radius 3 is 2.00 bits per heavy atom. The van der Waals surface area contributed by atoms with Gasteiger partial charge in [0, 0.05) is 0 Å². The van der Waals surface area contributed by atoms with Crippen molar-refractivity contribution in [1.29, 1.82) is 0 Å². The van der Waals surface area contributed by atoms with E-state index < -0.39 is 0 Å². The van der Waals surface area contributed by atoms with Crippen LogP contribution in [0, 0.1) is 20.4 Å². The molecule has 0 rings (SSSR count). The van der Waals surface area contributed by atoms with Crippen LogP contribution in [0.25, 0.3) is 0 Å². The topological polar surface area (TPSA) is 0 Å². The fourth-order valence-corrected chi connectivity index (χ4v) is 0. The van der Waals surface area contributed by atoms with E-state index in [-0.39, 0.29) is 0 Å². The van der Waals surface area contributed by atoms with Crippen molar-refractivity contribution >= 4 is 0 Å². The van der Waals surface area contributed by atoms with Crippen LogP contribution in [0.3, 0.4) is 0 Å². The average Bonchev–Trinajstić information content (AvgIpc) is 0.811. The summed E-state index contributed by atoms with van der Waals surface area (Å²) in [6.07, 6.45) is 0. The summed E-state index contributed by atoms with van der Waals surface area (Å²) in [5.41, 5.74) is 0.417. The van der Waals surface area contributed by atoms with Crippen molar-refractivity contribution in [2.75, 3.05) is 0 Å². The molecule has 0 aliphatic heterocycles. The van der Waals surface area contributed by atoms with Crippen LogP contribution < -0.4 is 0 Å². The van der Waals surface area contributed by atoms with Crippen LogP contribution in [0.4, 0.5) is 0 Å². The van der Waals surface area contributed by atoms with Crippen molar-refractivity contribution < 1.29 is 0 Å². The maximum Gasteiger partial charge on any atom is -0.0244 e. The second-order valence-electron chi connectivity index (χ2n) is 0.658. The van der Waals surface area contributed by atoms with Crippen LogP contribution in [0.5, 0.6) is 0 Å². The second kappa shape index (κ2) is 0.993. The highest BCUT2D eigenvalue weighted by atomic mass is 13.6. The molecule has 0 heteroatoms. The number of hydrogen-bond donors (Lipinski definition) is 0. The first-order valence-electron chi connectivity index (χ1n) is 0.996. The Labute approximate surface area is 27.1 Å². The zero-order chi connectivity index (χ0) is 3.58. The molecule has 1 radical (unpaired) electrons. The van der Waals surface area contributed by atoms with Crippen molar-refractivity contribution in [1.82, 2.24) is 0 Å². The van der Waals surface area contributed by atoms with Gasteiger partial charge in [0.1, 0.15) is 0 Å². The fourth-order valence-electron chi connectivity index (χ4n) is 0. The molecule has 0 saturated carbocycles. The first kappa shape index (κ1) is 3.61. The highest BCUT2D eigenvalue weighted by Gasteiger charge is 1.52.